The summed E-state index contributed by atoms with van der Waals surface area (Å²) >= 11 is 1.71. The molecule has 0 saturated heterocycles. The van der Waals surface area contributed by atoms with Crippen LogP contribution in [0.2, 0.25) is 0 Å². The van der Waals surface area contributed by atoms with Gasteiger partial charge in [0, 0.05) is 11.4 Å². The van der Waals surface area contributed by atoms with E-state index in [1.165, 1.54) is 4.88 Å². The molecule has 0 aliphatic heterocycles. The summed E-state index contributed by atoms with van der Waals surface area (Å²) in [7, 11) is 4.04. The largest absolute Gasteiger partial charge is 0.353 e. The van der Waals surface area contributed by atoms with E-state index in [1.54, 1.807) is 11.3 Å². The summed E-state index contributed by atoms with van der Waals surface area (Å²) in [5.41, 5.74) is 5.93. The number of thiophene rings is 1. The zero-order valence-electron chi connectivity index (χ0n) is 12.6. The van der Waals surface area contributed by atoms with Gasteiger partial charge in [0.15, 0.2) is 0 Å². The first-order valence-corrected chi connectivity index (χ1v) is 7.58. The van der Waals surface area contributed by atoms with Gasteiger partial charge in [0.2, 0.25) is 5.91 Å². The van der Waals surface area contributed by atoms with E-state index in [0.29, 0.717) is 6.54 Å². The van der Waals surface area contributed by atoms with Crippen molar-refractivity contribution in [2.45, 2.75) is 32.4 Å². The van der Waals surface area contributed by atoms with E-state index in [2.05, 4.69) is 21.7 Å². The van der Waals surface area contributed by atoms with Crippen molar-refractivity contribution < 1.29 is 4.79 Å². The normalized spacial score (nSPS) is 15.3. The van der Waals surface area contributed by atoms with Crippen molar-refractivity contribution in [1.82, 2.24) is 10.2 Å². The summed E-state index contributed by atoms with van der Waals surface area (Å²) in [6.45, 7) is 4.65. The SMILES string of the molecule is CCC(C)C(N)C(=O)NCC(c1cccs1)N(C)C.Cl. The van der Waals surface area contributed by atoms with Crippen LogP contribution in [-0.2, 0) is 4.79 Å². The standard InChI is InChI=1S/C14H25N3OS.ClH/c1-5-10(2)13(15)14(18)16-9-11(17(3)4)12-7-6-8-19-12;/h6-8,10-11,13H,5,9,15H2,1-4H3,(H,16,18);1H. The predicted molar refractivity (Wildman–Crippen MR) is 88.4 cm³/mol. The quantitative estimate of drug-likeness (QED) is 0.810. The Kier molecular flexibility index (Phi) is 9.05. The van der Waals surface area contributed by atoms with Gasteiger partial charge in [-0.3, -0.25) is 4.79 Å². The smallest absolute Gasteiger partial charge is 0.237 e. The number of nitrogens with two attached hydrogens (primary N) is 1. The summed E-state index contributed by atoms with van der Waals surface area (Å²) < 4.78 is 0. The molecule has 0 spiro atoms. The van der Waals surface area contributed by atoms with Gasteiger partial charge in [0.05, 0.1) is 12.1 Å². The van der Waals surface area contributed by atoms with Crippen LogP contribution in [0.1, 0.15) is 31.2 Å². The Labute approximate surface area is 132 Å². The van der Waals surface area contributed by atoms with Crippen LogP contribution in [0.15, 0.2) is 17.5 Å². The van der Waals surface area contributed by atoms with Crippen LogP contribution in [0.5, 0.6) is 0 Å². The molecule has 1 rings (SSSR count). The molecular weight excluding hydrogens is 294 g/mol. The van der Waals surface area contributed by atoms with Crippen molar-refractivity contribution in [1.29, 1.82) is 0 Å². The maximum absolute atomic E-state index is 12.0. The molecule has 1 heterocycles. The number of nitrogens with zero attached hydrogens (tertiary/aromatic N) is 1. The molecule has 1 amide bonds. The van der Waals surface area contributed by atoms with Crippen LogP contribution < -0.4 is 11.1 Å². The molecule has 116 valence electrons. The zero-order valence-corrected chi connectivity index (χ0v) is 14.3. The summed E-state index contributed by atoms with van der Waals surface area (Å²) in [5, 5.41) is 5.02. The van der Waals surface area contributed by atoms with E-state index in [-0.39, 0.29) is 30.3 Å². The first-order valence-electron chi connectivity index (χ1n) is 6.70. The highest BCUT2D eigenvalue weighted by atomic mass is 35.5. The summed E-state index contributed by atoms with van der Waals surface area (Å²) in [5.74, 6) is 0.150. The lowest BCUT2D eigenvalue weighted by molar-refractivity contribution is -0.123. The highest BCUT2D eigenvalue weighted by molar-refractivity contribution is 7.10. The second-order valence-electron chi connectivity index (χ2n) is 5.15. The van der Waals surface area contributed by atoms with E-state index in [9.17, 15) is 4.79 Å². The predicted octanol–water partition coefficient (Wildman–Crippen LogP) is 2.26. The minimum atomic E-state index is -0.420. The Balaban J connectivity index is 0.00000361. The molecule has 1 aromatic rings. The van der Waals surface area contributed by atoms with Gasteiger partial charge in [-0.15, -0.1) is 23.7 Å². The molecule has 3 unspecified atom stereocenters. The van der Waals surface area contributed by atoms with Crippen molar-refractivity contribution in [2.75, 3.05) is 20.6 Å². The molecule has 3 N–H and O–H groups in total. The molecule has 4 nitrogen and oxygen atoms in total. The third-order valence-corrected chi connectivity index (χ3v) is 4.50. The van der Waals surface area contributed by atoms with E-state index >= 15 is 0 Å². The number of likely N-dealkylation sites (N-methyl/N-ethyl adjacent to an activating group) is 1. The number of amides is 1. The van der Waals surface area contributed by atoms with Gasteiger partial charge < -0.3 is 16.0 Å². The fourth-order valence-electron chi connectivity index (χ4n) is 1.85. The number of rotatable bonds is 7. The van der Waals surface area contributed by atoms with Crippen LogP contribution in [0.4, 0.5) is 0 Å². The summed E-state index contributed by atoms with van der Waals surface area (Å²) in [4.78, 5) is 15.4. The Morgan fingerprint density at radius 1 is 1.50 bits per heavy atom. The molecule has 0 saturated carbocycles. The first-order chi connectivity index (χ1) is 8.97. The monoisotopic (exact) mass is 319 g/mol. The van der Waals surface area contributed by atoms with Crippen molar-refractivity contribution >= 4 is 29.7 Å². The van der Waals surface area contributed by atoms with E-state index in [4.69, 9.17) is 5.73 Å². The summed E-state index contributed by atoms with van der Waals surface area (Å²) in [6.07, 6.45) is 0.913. The van der Waals surface area contributed by atoms with E-state index < -0.39 is 6.04 Å². The van der Waals surface area contributed by atoms with Crippen LogP contribution in [0.25, 0.3) is 0 Å². The summed E-state index contributed by atoms with van der Waals surface area (Å²) in [6, 6.07) is 3.91. The van der Waals surface area contributed by atoms with Crippen molar-refractivity contribution in [3.05, 3.63) is 22.4 Å². The molecule has 0 aliphatic rings. The highest BCUT2D eigenvalue weighted by Gasteiger charge is 2.21. The third kappa shape index (κ3) is 5.40. The topological polar surface area (TPSA) is 58.4 Å². The van der Waals surface area contributed by atoms with Crippen LogP contribution in [0, 0.1) is 5.92 Å². The molecule has 0 bridgehead atoms. The minimum absolute atomic E-state index is 0. The maximum Gasteiger partial charge on any atom is 0.237 e. The van der Waals surface area contributed by atoms with Gasteiger partial charge in [-0.2, -0.15) is 0 Å². The van der Waals surface area contributed by atoms with E-state index in [1.807, 2.05) is 34.0 Å². The molecule has 0 aliphatic carbocycles. The van der Waals surface area contributed by atoms with Gasteiger partial charge in [0.1, 0.15) is 0 Å². The Morgan fingerprint density at radius 3 is 2.60 bits per heavy atom. The van der Waals surface area contributed by atoms with Crippen molar-refractivity contribution in [2.24, 2.45) is 11.7 Å². The van der Waals surface area contributed by atoms with Crippen LogP contribution in [-0.4, -0.2) is 37.5 Å². The number of carbonyl (C=O) groups is 1. The molecule has 20 heavy (non-hydrogen) atoms. The fraction of sp³-hybridized carbons (Fsp3) is 0.643. The third-order valence-electron chi connectivity index (χ3n) is 3.52. The second-order valence-corrected chi connectivity index (χ2v) is 6.13. The van der Waals surface area contributed by atoms with Gasteiger partial charge in [-0.25, -0.2) is 0 Å². The van der Waals surface area contributed by atoms with Crippen LogP contribution in [0.3, 0.4) is 0 Å². The first kappa shape index (κ1) is 19.4. The van der Waals surface area contributed by atoms with Gasteiger partial charge >= 0.3 is 0 Å². The Morgan fingerprint density at radius 2 is 2.15 bits per heavy atom. The number of hydrogen-bond acceptors (Lipinski definition) is 4. The molecule has 0 aromatic carbocycles. The minimum Gasteiger partial charge on any atom is -0.353 e. The lowest BCUT2D eigenvalue weighted by atomic mass is 9.99. The highest BCUT2D eigenvalue weighted by Crippen LogP contribution is 2.22. The number of nitrogens with one attached hydrogen (secondary N) is 1. The maximum atomic E-state index is 12.0. The van der Waals surface area contributed by atoms with Crippen molar-refractivity contribution in [3.8, 4) is 0 Å². The molecule has 6 heteroatoms. The number of carbonyl (C=O) groups excluding carboxylic acids is 1. The van der Waals surface area contributed by atoms with Gasteiger partial charge in [-0.1, -0.05) is 26.3 Å². The van der Waals surface area contributed by atoms with Gasteiger partial charge in [-0.05, 0) is 31.5 Å². The molecule has 0 fully saturated rings. The molecule has 1 aromatic heterocycles. The average Bonchev–Trinajstić information content (AvgIpc) is 2.90. The van der Waals surface area contributed by atoms with Crippen molar-refractivity contribution in [3.63, 3.8) is 0 Å². The fourth-order valence-corrected chi connectivity index (χ4v) is 2.77. The Bertz CT molecular complexity index is 384. The van der Waals surface area contributed by atoms with Gasteiger partial charge in [0.25, 0.3) is 0 Å². The lowest BCUT2D eigenvalue weighted by Gasteiger charge is -2.25. The van der Waals surface area contributed by atoms with Crippen LogP contribution >= 0.6 is 23.7 Å². The van der Waals surface area contributed by atoms with E-state index in [0.717, 1.165) is 6.42 Å². The molecule has 0 radical (unpaired) electrons. The second kappa shape index (κ2) is 9.34. The zero-order chi connectivity index (χ0) is 14.4. The average molecular weight is 320 g/mol. The number of halogens is 1. The number of hydrogen-bond donors (Lipinski definition) is 2. The lowest BCUT2D eigenvalue weighted by Crippen LogP contribution is -2.46. The molecular formula is C14H26ClN3OS. The molecule has 3 atom stereocenters. The Hall–Kier alpha value is -0.620.